The highest BCUT2D eigenvalue weighted by atomic mass is 79.9. The molecule has 0 aliphatic rings. The van der Waals surface area contributed by atoms with Gasteiger partial charge in [-0.3, -0.25) is 4.79 Å². The van der Waals surface area contributed by atoms with E-state index >= 15 is 0 Å². The summed E-state index contributed by atoms with van der Waals surface area (Å²) in [5, 5.41) is 12.5. The summed E-state index contributed by atoms with van der Waals surface area (Å²) in [5.74, 6) is -0.414. The molecule has 0 aromatic heterocycles. The molecule has 0 unspecified atom stereocenters. The lowest BCUT2D eigenvalue weighted by atomic mass is 10.1. The monoisotopic (exact) mass is 271 g/mol. The first-order valence-electron chi connectivity index (χ1n) is 4.62. The summed E-state index contributed by atoms with van der Waals surface area (Å²) in [4.78, 5) is 11.6. The highest BCUT2D eigenvalue weighted by Crippen LogP contribution is 2.13. The van der Waals surface area contributed by atoms with E-state index in [4.69, 9.17) is 0 Å². The van der Waals surface area contributed by atoms with Crippen LogP contribution in [0.1, 0.15) is 12.5 Å². The van der Waals surface area contributed by atoms with Gasteiger partial charge >= 0.3 is 0 Å². The number of hydrogen-bond donors (Lipinski definition) is 2. The van der Waals surface area contributed by atoms with Crippen molar-refractivity contribution < 1.29 is 9.90 Å². The minimum atomic E-state index is -1.38. The van der Waals surface area contributed by atoms with E-state index in [0.29, 0.717) is 5.69 Å². The molecule has 82 valence electrons. The number of hydrogen-bond acceptors (Lipinski definition) is 2. The van der Waals surface area contributed by atoms with Gasteiger partial charge in [-0.25, -0.2) is 0 Å². The van der Waals surface area contributed by atoms with Crippen LogP contribution in [0.25, 0.3) is 0 Å². The Morgan fingerprint density at radius 2 is 2.00 bits per heavy atom. The van der Waals surface area contributed by atoms with E-state index in [1.807, 2.05) is 19.1 Å². The molecular formula is C11H14BrNO2. The molecule has 0 heterocycles. The number of anilines is 1. The number of alkyl halides is 1. The normalized spacial score (nSPS) is 14.4. The number of rotatable bonds is 3. The van der Waals surface area contributed by atoms with Crippen molar-refractivity contribution in [3.8, 4) is 0 Å². The van der Waals surface area contributed by atoms with Crippen LogP contribution in [0.5, 0.6) is 0 Å². The molecule has 1 amide bonds. The predicted molar refractivity (Wildman–Crippen MR) is 64.2 cm³/mol. The number of carbonyl (C=O) groups is 1. The number of aryl methyl sites for hydroxylation is 1. The van der Waals surface area contributed by atoms with Gasteiger partial charge in [0.05, 0.1) is 0 Å². The van der Waals surface area contributed by atoms with E-state index in [1.165, 1.54) is 6.92 Å². The van der Waals surface area contributed by atoms with Crippen molar-refractivity contribution in [3.05, 3.63) is 29.8 Å². The van der Waals surface area contributed by atoms with Gasteiger partial charge in [-0.1, -0.05) is 33.6 Å². The van der Waals surface area contributed by atoms with Crippen LogP contribution in [-0.4, -0.2) is 21.9 Å². The molecule has 1 aromatic carbocycles. The Bertz CT molecular complexity index is 346. The van der Waals surface area contributed by atoms with E-state index in [1.54, 1.807) is 12.1 Å². The van der Waals surface area contributed by atoms with Crippen LogP contribution in [0.3, 0.4) is 0 Å². The molecule has 15 heavy (non-hydrogen) atoms. The summed E-state index contributed by atoms with van der Waals surface area (Å²) < 4.78 is 0. The molecule has 3 nitrogen and oxygen atoms in total. The summed E-state index contributed by atoms with van der Waals surface area (Å²) in [7, 11) is 0. The zero-order valence-electron chi connectivity index (χ0n) is 8.75. The van der Waals surface area contributed by atoms with Crippen LogP contribution in [0.15, 0.2) is 24.3 Å². The van der Waals surface area contributed by atoms with Gasteiger partial charge in [-0.05, 0) is 26.0 Å². The second-order valence-corrected chi connectivity index (χ2v) is 4.29. The minimum absolute atomic E-state index is 0.206. The standard InChI is InChI=1S/C11H14BrNO2/c1-8-3-5-9(6-4-8)13-10(14)11(2,15)7-12/h3-6,15H,7H2,1-2H3,(H,13,14)/t11-/m0/s1. The maximum atomic E-state index is 11.6. The van der Waals surface area contributed by atoms with Crippen molar-refractivity contribution in [1.82, 2.24) is 0 Å². The van der Waals surface area contributed by atoms with Crippen LogP contribution in [0.2, 0.25) is 0 Å². The highest BCUT2D eigenvalue weighted by molar-refractivity contribution is 9.09. The first kappa shape index (κ1) is 12.2. The number of halogens is 1. The smallest absolute Gasteiger partial charge is 0.256 e. The minimum Gasteiger partial charge on any atom is -0.379 e. The molecule has 1 rings (SSSR count). The fraction of sp³-hybridized carbons (Fsp3) is 0.364. The first-order chi connectivity index (χ1) is 6.95. The van der Waals surface area contributed by atoms with Crippen LogP contribution in [0.4, 0.5) is 5.69 Å². The second-order valence-electron chi connectivity index (χ2n) is 3.73. The molecule has 0 spiro atoms. The van der Waals surface area contributed by atoms with Gasteiger partial charge in [-0.15, -0.1) is 0 Å². The van der Waals surface area contributed by atoms with Gasteiger partial charge in [0.2, 0.25) is 0 Å². The number of nitrogens with one attached hydrogen (secondary N) is 1. The maximum absolute atomic E-state index is 11.6. The molecular weight excluding hydrogens is 258 g/mol. The molecule has 0 bridgehead atoms. The first-order valence-corrected chi connectivity index (χ1v) is 5.74. The van der Waals surface area contributed by atoms with Crippen LogP contribution in [0, 0.1) is 6.92 Å². The summed E-state index contributed by atoms with van der Waals surface area (Å²) in [6.45, 7) is 3.44. The predicted octanol–water partition coefficient (Wildman–Crippen LogP) is 2.08. The Morgan fingerprint density at radius 1 is 1.47 bits per heavy atom. The zero-order chi connectivity index (χ0) is 11.5. The van der Waals surface area contributed by atoms with Gasteiger partial charge in [0, 0.05) is 11.0 Å². The van der Waals surface area contributed by atoms with Gasteiger partial charge in [-0.2, -0.15) is 0 Å². The van der Waals surface area contributed by atoms with Crippen LogP contribution < -0.4 is 5.32 Å². The van der Waals surface area contributed by atoms with Crippen LogP contribution in [-0.2, 0) is 4.79 Å². The zero-order valence-corrected chi connectivity index (χ0v) is 10.3. The SMILES string of the molecule is Cc1ccc(NC(=O)[C@@](C)(O)CBr)cc1. The lowest BCUT2D eigenvalue weighted by Gasteiger charge is -2.19. The Balaban J connectivity index is 2.71. The molecule has 0 saturated carbocycles. The van der Waals surface area contributed by atoms with Gasteiger partial charge in [0.1, 0.15) is 5.60 Å². The van der Waals surface area contributed by atoms with Crippen molar-refractivity contribution in [2.75, 3.05) is 10.6 Å². The van der Waals surface area contributed by atoms with Crippen molar-refractivity contribution in [3.63, 3.8) is 0 Å². The molecule has 2 N–H and O–H groups in total. The molecule has 0 fully saturated rings. The third-order valence-corrected chi connectivity index (χ3v) is 3.15. The Morgan fingerprint density at radius 3 is 2.47 bits per heavy atom. The van der Waals surface area contributed by atoms with Gasteiger partial charge in [0.25, 0.3) is 5.91 Å². The van der Waals surface area contributed by atoms with E-state index in [0.717, 1.165) is 5.56 Å². The molecule has 0 radical (unpaired) electrons. The second kappa shape index (κ2) is 4.77. The summed E-state index contributed by atoms with van der Waals surface area (Å²) >= 11 is 3.09. The Hall–Kier alpha value is -0.870. The van der Waals surface area contributed by atoms with Crippen LogP contribution >= 0.6 is 15.9 Å². The average Bonchev–Trinajstić information content (AvgIpc) is 2.21. The van der Waals surface area contributed by atoms with E-state index in [9.17, 15) is 9.90 Å². The number of amides is 1. The van der Waals surface area contributed by atoms with Crippen molar-refractivity contribution in [2.45, 2.75) is 19.4 Å². The Labute approximate surface area is 97.6 Å². The maximum Gasteiger partial charge on any atom is 0.256 e. The van der Waals surface area contributed by atoms with Crippen molar-refractivity contribution in [2.24, 2.45) is 0 Å². The number of aliphatic hydroxyl groups is 1. The highest BCUT2D eigenvalue weighted by Gasteiger charge is 2.28. The third-order valence-electron chi connectivity index (χ3n) is 2.06. The molecule has 0 aliphatic heterocycles. The largest absolute Gasteiger partial charge is 0.379 e. The molecule has 1 aromatic rings. The molecule has 1 atom stereocenters. The topological polar surface area (TPSA) is 49.3 Å². The Kier molecular flexibility index (Phi) is 3.88. The summed E-state index contributed by atoms with van der Waals surface area (Å²) in [5.41, 5.74) is 0.428. The van der Waals surface area contributed by atoms with E-state index < -0.39 is 11.5 Å². The van der Waals surface area contributed by atoms with Gasteiger partial charge in [0.15, 0.2) is 0 Å². The van der Waals surface area contributed by atoms with Gasteiger partial charge < -0.3 is 10.4 Å². The average molecular weight is 272 g/mol. The quantitative estimate of drug-likeness (QED) is 0.828. The number of benzene rings is 1. The fourth-order valence-electron chi connectivity index (χ4n) is 0.963. The van der Waals surface area contributed by atoms with Crippen molar-refractivity contribution >= 4 is 27.5 Å². The summed E-state index contributed by atoms with van der Waals surface area (Å²) in [6.07, 6.45) is 0. The molecule has 0 saturated heterocycles. The van der Waals surface area contributed by atoms with Crippen molar-refractivity contribution in [1.29, 1.82) is 0 Å². The molecule has 4 heteroatoms. The van der Waals surface area contributed by atoms with E-state index in [-0.39, 0.29) is 5.33 Å². The third kappa shape index (κ3) is 3.32. The lowest BCUT2D eigenvalue weighted by Crippen LogP contribution is -2.41. The number of carbonyl (C=O) groups excluding carboxylic acids is 1. The summed E-state index contributed by atoms with van der Waals surface area (Å²) in [6, 6.07) is 7.41. The van der Waals surface area contributed by atoms with E-state index in [2.05, 4.69) is 21.2 Å². The fourth-order valence-corrected chi connectivity index (χ4v) is 1.22. The lowest BCUT2D eigenvalue weighted by molar-refractivity contribution is -0.130. The molecule has 0 aliphatic carbocycles.